The van der Waals surface area contributed by atoms with Gasteiger partial charge < -0.3 is 29.0 Å². The van der Waals surface area contributed by atoms with Gasteiger partial charge in [-0.05, 0) is 79.5 Å². The Labute approximate surface area is 380 Å². The van der Waals surface area contributed by atoms with Crippen LogP contribution in [-0.2, 0) is 54.4 Å². The average molecular weight is 909 g/mol. The first kappa shape index (κ1) is 43.5. The van der Waals surface area contributed by atoms with Gasteiger partial charge in [-0.15, -0.1) is 11.3 Å². The molecule has 342 valence electrons. The number of alkyl halides is 2. The zero-order valence-electron chi connectivity index (χ0n) is 37.1. The number of hydrogen-bond acceptors (Lipinski definition) is 12. The van der Waals surface area contributed by atoms with E-state index in [0.29, 0.717) is 97.3 Å². The van der Waals surface area contributed by atoms with Crippen LogP contribution in [0.4, 0.5) is 14.5 Å². The molecule has 8 heterocycles. The van der Waals surface area contributed by atoms with Gasteiger partial charge in [-0.2, -0.15) is 0 Å². The van der Waals surface area contributed by atoms with Crippen LogP contribution in [0, 0.1) is 11.3 Å². The van der Waals surface area contributed by atoms with Crippen molar-refractivity contribution in [3.8, 4) is 22.5 Å². The molecule has 2 N–H and O–H groups in total. The van der Waals surface area contributed by atoms with Gasteiger partial charge in [0.15, 0.2) is 0 Å². The van der Waals surface area contributed by atoms with Crippen molar-refractivity contribution in [2.45, 2.75) is 95.9 Å². The number of esters is 1. The van der Waals surface area contributed by atoms with Crippen LogP contribution in [0.15, 0.2) is 54.3 Å². The molecule has 0 unspecified atom stereocenters. The summed E-state index contributed by atoms with van der Waals surface area (Å²) in [6, 6.07) is 7.91. The van der Waals surface area contributed by atoms with Crippen molar-refractivity contribution >= 4 is 45.7 Å². The fourth-order valence-electron chi connectivity index (χ4n) is 10.1. The van der Waals surface area contributed by atoms with E-state index in [1.165, 1.54) is 16.3 Å². The molecule has 2 amide bonds. The number of carbonyl (C=O) groups excluding carboxylic acids is 3. The van der Waals surface area contributed by atoms with Crippen LogP contribution in [0.3, 0.4) is 0 Å². The van der Waals surface area contributed by atoms with Gasteiger partial charge in [0.25, 0.3) is 11.8 Å². The van der Waals surface area contributed by atoms with E-state index in [9.17, 15) is 14.4 Å². The highest BCUT2D eigenvalue weighted by molar-refractivity contribution is 7.10. The number of methoxy groups -OCH3 is 1. The first-order chi connectivity index (χ1) is 31.3. The Bertz CT molecular complexity index is 2650. The summed E-state index contributed by atoms with van der Waals surface area (Å²) >= 11 is 1.35. The van der Waals surface area contributed by atoms with E-state index in [1.807, 2.05) is 56.6 Å². The summed E-state index contributed by atoms with van der Waals surface area (Å²) in [6.07, 6.45) is 6.46. The molecule has 1 aromatic carbocycles. The number of ether oxygens (including phenoxy) is 3. The van der Waals surface area contributed by atoms with Crippen LogP contribution in [0.5, 0.6) is 0 Å². The fourth-order valence-corrected chi connectivity index (χ4v) is 10.9. The van der Waals surface area contributed by atoms with Gasteiger partial charge in [-0.3, -0.25) is 29.4 Å². The van der Waals surface area contributed by atoms with E-state index < -0.39 is 48.5 Å². The zero-order valence-corrected chi connectivity index (χ0v) is 37.9. The quantitative estimate of drug-likeness (QED) is 0.174. The van der Waals surface area contributed by atoms with Gasteiger partial charge in [0.05, 0.1) is 72.0 Å². The number of cyclic esters (lactones) is 1. The summed E-state index contributed by atoms with van der Waals surface area (Å²) in [5.74, 6) is -4.51. The molecule has 4 aromatic heterocycles. The van der Waals surface area contributed by atoms with E-state index in [-0.39, 0.29) is 36.7 Å². The summed E-state index contributed by atoms with van der Waals surface area (Å²) < 4.78 is 52.1. The molecule has 5 aliphatic rings. The zero-order chi connectivity index (χ0) is 45.2. The number of nitrogens with one attached hydrogen (secondary N) is 2. The van der Waals surface area contributed by atoms with Crippen LogP contribution >= 0.6 is 11.3 Å². The van der Waals surface area contributed by atoms with E-state index >= 15 is 8.78 Å². The van der Waals surface area contributed by atoms with Crippen LogP contribution in [0.1, 0.15) is 79.4 Å². The van der Waals surface area contributed by atoms with Gasteiger partial charge in [0.2, 0.25) is 5.91 Å². The molecule has 1 aliphatic carbocycles. The van der Waals surface area contributed by atoms with Gasteiger partial charge in [0.1, 0.15) is 12.1 Å². The molecule has 4 aliphatic heterocycles. The minimum atomic E-state index is -3.08. The molecule has 1 saturated carbocycles. The maximum absolute atomic E-state index is 16.3. The average Bonchev–Trinajstić information content (AvgIpc) is 3.89. The highest BCUT2D eigenvalue weighted by Crippen LogP contribution is 2.49. The van der Waals surface area contributed by atoms with Gasteiger partial charge in [-0.1, -0.05) is 19.9 Å². The lowest BCUT2D eigenvalue weighted by Crippen LogP contribution is -2.60. The molecule has 14 nitrogen and oxygen atoms in total. The number of fused-ring (bicyclic) bond motifs is 6. The lowest BCUT2D eigenvalue weighted by atomic mass is 9.84. The van der Waals surface area contributed by atoms with E-state index in [2.05, 4.69) is 26.7 Å². The summed E-state index contributed by atoms with van der Waals surface area (Å²) in [7, 11) is 1.61. The Morgan fingerprint density at radius 2 is 1.94 bits per heavy atom. The number of thiazole rings is 1. The number of nitrogens with zero attached hydrogens (tertiary/aromatic N) is 6. The molecule has 5 aromatic rings. The topological polar surface area (TPSA) is 153 Å². The normalized spacial score (nSPS) is 24.6. The number of hydrazine groups is 1. The van der Waals surface area contributed by atoms with E-state index in [1.54, 1.807) is 24.1 Å². The van der Waals surface area contributed by atoms with Gasteiger partial charge in [-0.25, -0.2) is 19.2 Å². The predicted molar refractivity (Wildman–Crippen MR) is 240 cm³/mol. The van der Waals surface area contributed by atoms with Crippen molar-refractivity contribution in [1.82, 2.24) is 35.3 Å². The van der Waals surface area contributed by atoms with Crippen molar-refractivity contribution in [3.63, 3.8) is 0 Å². The summed E-state index contributed by atoms with van der Waals surface area (Å²) in [5, 5.41) is 7.77. The minimum Gasteiger partial charge on any atom is -0.464 e. The Hall–Kier alpha value is -5.36. The molecule has 6 bridgehead atoms. The van der Waals surface area contributed by atoms with Gasteiger partial charge >= 0.3 is 5.97 Å². The number of anilines is 1. The maximum Gasteiger partial charge on any atom is 0.324 e. The maximum atomic E-state index is 16.3. The van der Waals surface area contributed by atoms with Crippen LogP contribution in [0.2, 0.25) is 0 Å². The number of pyridine rings is 2. The summed E-state index contributed by atoms with van der Waals surface area (Å²) in [5.41, 5.74) is 9.55. The SMILES string of the molecule is CO[C@@H](C)c1ncc(N2CCOCC2)cc1-c1c2c3cc(cc4c3n1CC(F)(F)C4)-c1csc(n1)C[C@H](NC(=O)[C@H]1C[C@@H]1c1cccnc1)C(=O)N1CCC[C@H](N1)C(=O)OCC(C)(C)C2. The molecule has 3 fully saturated rings. The largest absolute Gasteiger partial charge is 0.464 e. The van der Waals surface area contributed by atoms with Crippen LogP contribution in [-0.4, -0.2) is 107 Å². The lowest BCUT2D eigenvalue weighted by Gasteiger charge is -2.35. The Morgan fingerprint density at radius 1 is 1.11 bits per heavy atom. The van der Waals surface area contributed by atoms with Crippen LogP contribution in [0.25, 0.3) is 33.4 Å². The smallest absolute Gasteiger partial charge is 0.324 e. The highest BCUT2D eigenvalue weighted by atomic mass is 32.1. The second kappa shape index (κ2) is 17.1. The highest BCUT2D eigenvalue weighted by Gasteiger charge is 2.46. The van der Waals surface area contributed by atoms with Crippen molar-refractivity contribution in [1.29, 1.82) is 0 Å². The molecule has 10 rings (SSSR count). The molecular formula is C48H54F2N8O6S. The summed E-state index contributed by atoms with van der Waals surface area (Å²) in [4.78, 5) is 58.6. The first-order valence-electron chi connectivity index (χ1n) is 22.6. The molecule has 0 radical (unpaired) electrons. The predicted octanol–water partition coefficient (Wildman–Crippen LogP) is 6.41. The number of hydrogen-bond donors (Lipinski definition) is 2. The van der Waals surface area contributed by atoms with E-state index in [4.69, 9.17) is 24.2 Å². The van der Waals surface area contributed by atoms with E-state index in [0.717, 1.165) is 27.7 Å². The number of morpholine rings is 1. The number of halogens is 2. The number of aromatic nitrogens is 4. The standard InChI is InChI=1S/C48H54F2N8O6S/c1-27(62-4)41-35(17-31(23-52-41)56-11-13-63-14-12-56)43-36-21-47(2,3)26-64-46(61)37-8-6-10-58(55-37)45(60)38(54-44(59)34-18-32(34)28-7-5-9-51-22-28)19-40-53-39(24-65-40)29-15-30-20-48(49,50)25-57(43)42(30)33(36)16-29/h5,7,9,15-17,22-24,27,32,34,37-38,55H,6,8,10-14,18-21,25-26H2,1-4H3,(H,54,59)/t27-,32+,34-,37-,38-/m0/s1. The number of amides is 2. The lowest BCUT2D eigenvalue weighted by molar-refractivity contribution is -0.155. The summed E-state index contributed by atoms with van der Waals surface area (Å²) in [6.45, 7) is 8.21. The number of rotatable bonds is 7. The van der Waals surface area contributed by atoms with Crippen molar-refractivity contribution in [3.05, 3.63) is 81.7 Å². The second-order valence-corrected chi connectivity index (χ2v) is 19.9. The molecule has 17 heteroatoms. The number of carbonyl (C=O) groups is 3. The molecule has 5 atom stereocenters. The second-order valence-electron chi connectivity index (χ2n) is 19.0. The molecule has 2 saturated heterocycles. The number of benzene rings is 1. The van der Waals surface area contributed by atoms with Crippen molar-refractivity contribution in [2.24, 2.45) is 11.3 Å². The fraction of sp³-hybridized carbons (Fsp3) is 0.500. The third-order valence-corrected chi connectivity index (χ3v) is 14.4. The monoisotopic (exact) mass is 908 g/mol. The Kier molecular flexibility index (Phi) is 11.5. The molecule has 65 heavy (non-hydrogen) atoms. The van der Waals surface area contributed by atoms with Crippen molar-refractivity contribution in [2.75, 3.05) is 51.5 Å². The molecular weight excluding hydrogens is 855 g/mol. The Balaban J connectivity index is 1.10. The minimum absolute atomic E-state index is 0.00420. The third-order valence-electron chi connectivity index (χ3n) is 13.5. The Morgan fingerprint density at radius 3 is 2.72 bits per heavy atom. The molecule has 0 spiro atoms. The first-order valence-corrected chi connectivity index (χ1v) is 23.4. The third kappa shape index (κ3) is 8.63. The van der Waals surface area contributed by atoms with Crippen molar-refractivity contribution < 1.29 is 37.4 Å². The van der Waals surface area contributed by atoms with Gasteiger partial charge in [0, 0.05) is 85.2 Å². The van der Waals surface area contributed by atoms with Crippen LogP contribution < -0.4 is 15.6 Å².